The van der Waals surface area contributed by atoms with Crippen molar-refractivity contribution in [3.63, 3.8) is 0 Å². The first-order valence-corrected chi connectivity index (χ1v) is 9.93. The average Bonchev–Trinajstić information content (AvgIpc) is 3.27. The minimum absolute atomic E-state index is 0.0763. The van der Waals surface area contributed by atoms with Crippen molar-refractivity contribution < 1.29 is 14.6 Å². The predicted octanol–water partition coefficient (Wildman–Crippen LogP) is 3.25. The Hall–Kier alpha value is -2.29. The van der Waals surface area contributed by atoms with Crippen molar-refractivity contribution in [1.82, 2.24) is 10.3 Å². The normalized spacial score (nSPS) is 19.7. The maximum atomic E-state index is 11.1. The van der Waals surface area contributed by atoms with Gasteiger partial charge in [0.2, 0.25) is 0 Å². The van der Waals surface area contributed by atoms with Crippen LogP contribution in [0.25, 0.3) is 10.2 Å². The van der Waals surface area contributed by atoms with Crippen molar-refractivity contribution in [2.75, 3.05) is 11.5 Å². The summed E-state index contributed by atoms with van der Waals surface area (Å²) in [7, 11) is 0. The molecule has 1 aliphatic heterocycles. The van der Waals surface area contributed by atoms with Gasteiger partial charge in [0.1, 0.15) is 28.8 Å². The van der Waals surface area contributed by atoms with Gasteiger partial charge in [-0.05, 0) is 35.9 Å². The minimum atomic E-state index is -0.820. The Morgan fingerprint density at radius 2 is 2.12 bits per heavy atom. The molecule has 134 valence electrons. The van der Waals surface area contributed by atoms with Gasteiger partial charge in [0, 0.05) is 11.4 Å². The third kappa shape index (κ3) is 3.62. The van der Waals surface area contributed by atoms with Crippen LogP contribution in [0.3, 0.4) is 0 Å². The first kappa shape index (κ1) is 17.1. The fourth-order valence-electron chi connectivity index (χ4n) is 2.66. The molecule has 4 rings (SSSR count). The third-order valence-electron chi connectivity index (χ3n) is 4.07. The van der Waals surface area contributed by atoms with E-state index in [9.17, 15) is 4.79 Å². The van der Waals surface area contributed by atoms with E-state index < -0.39 is 12.0 Å². The van der Waals surface area contributed by atoms with Crippen molar-refractivity contribution >= 4 is 45.0 Å². The zero-order valence-corrected chi connectivity index (χ0v) is 15.3. The van der Waals surface area contributed by atoms with Crippen molar-refractivity contribution in [3.05, 3.63) is 53.0 Å². The number of carboxylic acid groups (broad SMARTS) is 1. The van der Waals surface area contributed by atoms with Gasteiger partial charge in [-0.1, -0.05) is 12.1 Å². The summed E-state index contributed by atoms with van der Waals surface area (Å²) in [5.41, 5.74) is 8.37. The molecule has 0 spiro atoms. The second-order valence-electron chi connectivity index (χ2n) is 5.98. The molecule has 0 bridgehead atoms. The highest BCUT2D eigenvalue weighted by atomic mass is 32.2. The fraction of sp³-hybridized carbons (Fsp3) is 0.222. The number of thioether (sulfide) groups is 1. The number of rotatable bonds is 5. The van der Waals surface area contributed by atoms with Gasteiger partial charge in [0.05, 0.1) is 10.2 Å². The molecule has 6 nitrogen and oxygen atoms in total. The van der Waals surface area contributed by atoms with Gasteiger partial charge in [-0.2, -0.15) is 0 Å². The molecule has 0 saturated carbocycles. The number of nitrogens with one attached hydrogen (secondary N) is 1. The van der Waals surface area contributed by atoms with Crippen LogP contribution in [-0.2, 0) is 11.4 Å². The van der Waals surface area contributed by atoms with Crippen molar-refractivity contribution in [1.29, 1.82) is 0 Å². The SMILES string of the molecule is Nc1ccc(COc2ccc3nc(C4NC(C(=O)O)CS4)sc3c2)cc1. The number of anilines is 1. The maximum absolute atomic E-state index is 11.1. The number of hydrogen-bond donors (Lipinski definition) is 3. The third-order valence-corrected chi connectivity index (χ3v) is 6.52. The van der Waals surface area contributed by atoms with Crippen LogP contribution in [0.15, 0.2) is 42.5 Å². The number of thiazole rings is 1. The molecular formula is C18H17N3O3S2. The van der Waals surface area contributed by atoms with Gasteiger partial charge < -0.3 is 15.6 Å². The highest BCUT2D eigenvalue weighted by Crippen LogP contribution is 2.37. The number of benzene rings is 2. The lowest BCUT2D eigenvalue weighted by molar-refractivity contribution is -0.138. The van der Waals surface area contributed by atoms with E-state index in [1.807, 2.05) is 42.5 Å². The van der Waals surface area contributed by atoms with E-state index in [0.717, 1.165) is 32.2 Å². The maximum Gasteiger partial charge on any atom is 0.321 e. The quantitative estimate of drug-likeness (QED) is 0.578. The summed E-state index contributed by atoms with van der Waals surface area (Å²) in [5, 5.41) is 13.0. The number of hydrogen-bond acceptors (Lipinski definition) is 7. The van der Waals surface area contributed by atoms with Gasteiger partial charge in [-0.3, -0.25) is 10.1 Å². The molecule has 3 aromatic rings. The molecule has 2 aromatic carbocycles. The lowest BCUT2D eigenvalue weighted by atomic mass is 10.2. The van der Waals surface area contributed by atoms with Crippen LogP contribution in [0.2, 0.25) is 0 Å². The van der Waals surface area contributed by atoms with Gasteiger partial charge in [0.25, 0.3) is 0 Å². The van der Waals surface area contributed by atoms with Gasteiger partial charge in [-0.25, -0.2) is 4.98 Å². The molecule has 2 heterocycles. The molecule has 26 heavy (non-hydrogen) atoms. The van der Waals surface area contributed by atoms with Crippen LogP contribution >= 0.6 is 23.1 Å². The molecular weight excluding hydrogens is 370 g/mol. The number of nitrogens with two attached hydrogens (primary N) is 1. The smallest absolute Gasteiger partial charge is 0.321 e. The van der Waals surface area contributed by atoms with Crippen LogP contribution in [-0.4, -0.2) is 27.9 Å². The zero-order valence-electron chi connectivity index (χ0n) is 13.7. The topological polar surface area (TPSA) is 97.5 Å². The monoisotopic (exact) mass is 387 g/mol. The average molecular weight is 387 g/mol. The highest BCUT2D eigenvalue weighted by molar-refractivity contribution is 7.99. The lowest BCUT2D eigenvalue weighted by Crippen LogP contribution is -2.33. The Bertz CT molecular complexity index is 943. The molecule has 0 aliphatic carbocycles. The summed E-state index contributed by atoms with van der Waals surface area (Å²) in [4.78, 5) is 15.7. The van der Waals surface area contributed by atoms with E-state index in [2.05, 4.69) is 10.3 Å². The second-order valence-corrected chi connectivity index (χ2v) is 8.18. The number of nitrogens with zero attached hydrogens (tertiary/aromatic N) is 1. The molecule has 1 aliphatic rings. The number of ether oxygens (including phenoxy) is 1. The number of aromatic nitrogens is 1. The van der Waals surface area contributed by atoms with Gasteiger partial charge in [-0.15, -0.1) is 23.1 Å². The molecule has 0 radical (unpaired) electrons. The van der Waals surface area contributed by atoms with Crippen LogP contribution in [0, 0.1) is 0 Å². The summed E-state index contributed by atoms with van der Waals surface area (Å²) < 4.78 is 6.89. The Kier molecular flexibility index (Phi) is 4.71. The van der Waals surface area contributed by atoms with Crippen LogP contribution in [0.1, 0.15) is 15.9 Å². The predicted molar refractivity (Wildman–Crippen MR) is 105 cm³/mol. The van der Waals surface area contributed by atoms with Crippen LogP contribution in [0.4, 0.5) is 5.69 Å². The minimum Gasteiger partial charge on any atom is -0.489 e. The van der Waals surface area contributed by atoms with E-state index in [-0.39, 0.29) is 5.37 Å². The van der Waals surface area contributed by atoms with Crippen LogP contribution < -0.4 is 15.8 Å². The molecule has 1 aromatic heterocycles. The number of carboxylic acids is 1. The standard InChI is InChI=1S/C18H17N3O3S2/c19-11-3-1-10(2-4-11)8-24-12-5-6-13-15(7-12)26-17(20-13)16-21-14(9-25-16)18(22)23/h1-7,14,16,21H,8-9,19H2,(H,22,23). The summed E-state index contributed by atoms with van der Waals surface area (Å²) in [6, 6.07) is 12.9. The molecule has 2 unspecified atom stereocenters. The van der Waals surface area contributed by atoms with Crippen LogP contribution in [0.5, 0.6) is 5.75 Å². The molecule has 0 amide bonds. The summed E-state index contributed by atoms with van der Waals surface area (Å²) in [5.74, 6) is 0.505. The number of carbonyl (C=O) groups is 1. The first-order valence-electron chi connectivity index (χ1n) is 8.06. The molecule has 2 atom stereocenters. The van der Waals surface area contributed by atoms with E-state index in [1.165, 1.54) is 0 Å². The Morgan fingerprint density at radius 1 is 1.31 bits per heavy atom. The fourth-order valence-corrected chi connectivity index (χ4v) is 5.03. The number of fused-ring (bicyclic) bond motifs is 1. The highest BCUT2D eigenvalue weighted by Gasteiger charge is 2.32. The van der Waals surface area contributed by atoms with Gasteiger partial charge in [0.15, 0.2) is 0 Å². The first-order chi connectivity index (χ1) is 12.6. The van der Waals surface area contributed by atoms with E-state index in [0.29, 0.717) is 12.4 Å². The van der Waals surface area contributed by atoms with E-state index >= 15 is 0 Å². The van der Waals surface area contributed by atoms with E-state index in [1.54, 1.807) is 23.1 Å². The molecule has 4 N–H and O–H groups in total. The summed E-state index contributed by atoms with van der Waals surface area (Å²) in [6.45, 7) is 0.470. The summed E-state index contributed by atoms with van der Waals surface area (Å²) in [6.07, 6.45) is 0. The van der Waals surface area contributed by atoms with Crippen molar-refractivity contribution in [2.24, 2.45) is 0 Å². The van der Waals surface area contributed by atoms with E-state index in [4.69, 9.17) is 15.6 Å². The number of nitrogen functional groups attached to an aromatic ring is 1. The van der Waals surface area contributed by atoms with Crippen molar-refractivity contribution in [3.8, 4) is 5.75 Å². The Balaban J connectivity index is 1.47. The Labute approximate surface area is 158 Å². The lowest BCUT2D eigenvalue weighted by Gasteiger charge is -2.06. The zero-order chi connectivity index (χ0) is 18.1. The molecule has 1 fully saturated rings. The number of aliphatic carboxylic acids is 1. The summed E-state index contributed by atoms with van der Waals surface area (Å²) >= 11 is 3.14. The second kappa shape index (κ2) is 7.14. The van der Waals surface area contributed by atoms with Crippen molar-refractivity contribution in [2.45, 2.75) is 18.0 Å². The largest absolute Gasteiger partial charge is 0.489 e. The molecule has 8 heteroatoms. The van der Waals surface area contributed by atoms with Gasteiger partial charge >= 0.3 is 5.97 Å². The molecule has 1 saturated heterocycles. The Morgan fingerprint density at radius 3 is 2.85 bits per heavy atom.